The Morgan fingerprint density at radius 3 is 2.26 bits per heavy atom. The minimum atomic E-state index is -3.86. The van der Waals surface area contributed by atoms with Crippen LogP contribution < -0.4 is 14.2 Å². The Morgan fingerprint density at radius 2 is 1.67 bits per heavy atom. The second-order valence-electron chi connectivity index (χ2n) is 5.21. The molecule has 0 saturated heterocycles. The molecule has 0 amide bonds. The van der Waals surface area contributed by atoms with Crippen LogP contribution in [0.2, 0.25) is 0 Å². The highest BCUT2D eigenvalue weighted by Crippen LogP contribution is 2.16. The van der Waals surface area contributed by atoms with Crippen LogP contribution in [0.15, 0.2) is 53.4 Å². The molecule has 0 bridgehead atoms. The van der Waals surface area contributed by atoms with Crippen molar-refractivity contribution in [1.29, 1.82) is 5.26 Å². The van der Waals surface area contributed by atoms with Crippen molar-refractivity contribution in [3.63, 3.8) is 0 Å². The van der Waals surface area contributed by atoms with Crippen molar-refractivity contribution in [2.45, 2.75) is 4.90 Å². The third kappa shape index (κ3) is 6.29. The smallest absolute Gasteiger partial charge is 0.321 e. The van der Waals surface area contributed by atoms with Gasteiger partial charge in [-0.2, -0.15) is 9.98 Å². The summed E-state index contributed by atoms with van der Waals surface area (Å²) in [6.45, 7) is -0.408. The molecule has 2 aromatic rings. The van der Waals surface area contributed by atoms with E-state index < -0.39 is 22.5 Å². The lowest BCUT2D eigenvalue weighted by molar-refractivity contribution is -0.142. The van der Waals surface area contributed by atoms with Crippen molar-refractivity contribution in [1.82, 2.24) is 4.72 Å². The van der Waals surface area contributed by atoms with Crippen LogP contribution in [0.4, 0.5) is 0 Å². The van der Waals surface area contributed by atoms with Gasteiger partial charge < -0.3 is 14.2 Å². The van der Waals surface area contributed by atoms with Gasteiger partial charge in [0.15, 0.2) is 0 Å². The first kappa shape index (κ1) is 20.2. The van der Waals surface area contributed by atoms with E-state index in [4.69, 9.17) is 19.5 Å². The van der Waals surface area contributed by atoms with Crippen molar-refractivity contribution in [3.8, 4) is 17.6 Å². The van der Waals surface area contributed by atoms with E-state index in [0.29, 0.717) is 17.1 Å². The standard InChI is InChI=1S/C18H18N2O6S/c1-24-15-4-6-16(7-5-15)25-10-11-26-18(21)13-20-27(22,23)17-8-2-14(12-19)3-9-17/h2-9,20H,10-11,13H2,1H3. The fourth-order valence-corrected chi connectivity index (χ4v) is 2.95. The number of nitriles is 1. The van der Waals surface area contributed by atoms with Gasteiger partial charge in [0, 0.05) is 0 Å². The van der Waals surface area contributed by atoms with E-state index in [-0.39, 0.29) is 18.1 Å². The highest BCUT2D eigenvalue weighted by atomic mass is 32.2. The second-order valence-corrected chi connectivity index (χ2v) is 6.97. The molecule has 1 N–H and O–H groups in total. The van der Waals surface area contributed by atoms with Crippen molar-refractivity contribution in [3.05, 3.63) is 54.1 Å². The zero-order valence-corrected chi connectivity index (χ0v) is 15.4. The van der Waals surface area contributed by atoms with E-state index in [0.717, 1.165) is 0 Å². The maximum Gasteiger partial charge on any atom is 0.321 e. The minimum Gasteiger partial charge on any atom is -0.497 e. The lowest BCUT2D eigenvalue weighted by atomic mass is 10.2. The molecule has 9 heteroatoms. The van der Waals surface area contributed by atoms with Crippen LogP contribution in [-0.4, -0.2) is 41.3 Å². The molecule has 27 heavy (non-hydrogen) atoms. The lowest BCUT2D eigenvalue weighted by Gasteiger charge is -2.09. The van der Waals surface area contributed by atoms with E-state index in [1.165, 1.54) is 24.3 Å². The summed E-state index contributed by atoms with van der Waals surface area (Å²) in [4.78, 5) is 11.6. The summed E-state index contributed by atoms with van der Waals surface area (Å²) in [6.07, 6.45) is 0. The number of methoxy groups -OCH3 is 1. The number of nitrogens with zero attached hydrogens (tertiary/aromatic N) is 1. The van der Waals surface area contributed by atoms with Crippen molar-refractivity contribution in [2.75, 3.05) is 26.9 Å². The van der Waals surface area contributed by atoms with Gasteiger partial charge in [-0.15, -0.1) is 0 Å². The van der Waals surface area contributed by atoms with Crippen molar-refractivity contribution in [2.24, 2.45) is 0 Å². The number of esters is 1. The highest BCUT2D eigenvalue weighted by Gasteiger charge is 2.16. The average Bonchev–Trinajstić information content (AvgIpc) is 2.70. The summed E-state index contributed by atoms with van der Waals surface area (Å²) in [5.74, 6) is 0.558. The zero-order valence-electron chi connectivity index (χ0n) is 14.5. The molecule has 0 aliphatic carbocycles. The number of benzene rings is 2. The van der Waals surface area contributed by atoms with Crippen molar-refractivity contribution >= 4 is 16.0 Å². The Morgan fingerprint density at radius 1 is 1.04 bits per heavy atom. The Labute approximate surface area is 157 Å². The lowest BCUT2D eigenvalue weighted by Crippen LogP contribution is -2.31. The number of nitrogens with one attached hydrogen (secondary N) is 1. The van der Waals surface area contributed by atoms with Crippen molar-refractivity contribution < 1.29 is 27.4 Å². The molecule has 0 aromatic heterocycles. The number of rotatable bonds is 9. The molecule has 8 nitrogen and oxygen atoms in total. The van der Waals surface area contributed by atoms with Gasteiger partial charge in [0.2, 0.25) is 10.0 Å². The molecule has 0 saturated carbocycles. The molecule has 0 radical (unpaired) electrons. The number of carbonyl (C=O) groups is 1. The maximum absolute atomic E-state index is 12.1. The van der Waals surface area contributed by atoms with E-state index >= 15 is 0 Å². The topological polar surface area (TPSA) is 115 Å². The minimum absolute atomic E-state index is 0.0243. The predicted molar refractivity (Wildman–Crippen MR) is 95.8 cm³/mol. The van der Waals surface area contributed by atoms with Gasteiger partial charge in [-0.05, 0) is 48.5 Å². The van der Waals surface area contributed by atoms with Crippen LogP contribution in [0.25, 0.3) is 0 Å². The van der Waals surface area contributed by atoms with Gasteiger partial charge in [-0.1, -0.05) is 0 Å². The molecule has 0 unspecified atom stereocenters. The Hall–Kier alpha value is -3.09. The first-order valence-corrected chi connectivity index (χ1v) is 9.35. The van der Waals surface area contributed by atoms with Crippen LogP contribution in [0, 0.1) is 11.3 Å². The Balaban J connectivity index is 1.72. The summed E-state index contributed by atoms with van der Waals surface area (Å²) >= 11 is 0. The van der Waals surface area contributed by atoms with E-state index in [2.05, 4.69) is 4.72 Å². The van der Waals surface area contributed by atoms with Crippen LogP contribution in [0.5, 0.6) is 11.5 Å². The van der Waals surface area contributed by atoms with Gasteiger partial charge in [0.1, 0.15) is 31.3 Å². The molecule has 0 aliphatic heterocycles. The molecule has 2 rings (SSSR count). The summed E-state index contributed by atoms with van der Waals surface area (Å²) < 4.78 is 41.6. The normalized spacial score (nSPS) is 10.7. The van der Waals surface area contributed by atoms with Gasteiger partial charge in [0.25, 0.3) is 0 Å². The fraction of sp³-hybridized carbons (Fsp3) is 0.222. The molecule has 142 valence electrons. The van der Waals surface area contributed by atoms with E-state index in [1.54, 1.807) is 31.4 Å². The SMILES string of the molecule is COc1ccc(OCCOC(=O)CNS(=O)(=O)c2ccc(C#N)cc2)cc1. The summed E-state index contributed by atoms with van der Waals surface area (Å²) in [5, 5.41) is 8.71. The summed E-state index contributed by atoms with van der Waals surface area (Å²) in [6, 6.07) is 14.1. The first-order chi connectivity index (χ1) is 12.9. The molecule has 0 aliphatic rings. The number of hydrogen-bond acceptors (Lipinski definition) is 7. The molecule has 0 heterocycles. The largest absolute Gasteiger partial charge is 0.497 e. The monoisotopic (exact) mass is 390 g/mol. The van der Waals surface area contributed by atoms with Gasteiger partial charge in [-0.25, -0.2) is 8.42 Å². The number of hydrogen-bond donors (Lipinski definition) is 1. The maximum atomic E-state index is 12.1. The third-order valence-corrected chi connectivity index (χ3v) is 4.79. The number of sulfonamides is 1. The zero-order chi connectivity index (χ0) is 19.7. The van der Waals surface area contributed by atoms with E-state index in [9.17, 15) is 13.2 Å². The Kier molecular flexibility index (Phi) is 7.16. The first-order valence-electron chi connectivity index (χ1n) is 7.87. The van der Waals surface area contributed by atoms with Crippen LogP contribution >= 0.6 is 0 Å². The number of ether oxygens (including phenoxy) is 3. The van der Waals surface area contributed by atoms with E-state index in [1.807, 2.05) is 6.07 Å². The summed E-state index contributed by atoms with van der Waals surface area (Å²) in [7, 11) is -2.30. The molecular formula is C18H18N2O6S. The molecule has 0 spiro atoms. The second kappa shape index (κ2) is 9.56. The van der Waals surface area contributed by atoms with Crippen LogP contribution in [-0.2, 0) is 19.6 Å². The van der Waals surface area contributed by atoms with Gasteiger partial charge >= 0.3 is 5.97 Å². The average molecular weight is 390 g/mol. The van der Waals surface area contributed by atoms with Gasteiger partial charge in [-0.3, -0.25) is 4.79 Å². The van der Waals surface area contributed by atoms with Gasteiger partial charge in [0.05, 0.1) is 23.6 Å². The molecule has 0 atom stereocenters. The molecular weight excluding hydrogens is 372 g/mol. The van der Waals surface area contributed by atoms with Crippen LogP contribution in [0.1, 0.15) is 5.56 Å². The highest BCUT2D eigenvalue weighted by molar-refractivity contribution is 7.89. The summed E-state index contributed by atoms with van der Waals surface area (Å²) in [5.41, 5.74) is 0.338. The number of carbonyl (C=O) groups excluding carboxylic acids is 1. The molecule has 2 aromatic carbocycles. The third-order valence-electron chi connectivity index (χ3n) is 3.37. The molecule has 0 fully saturated rings. The van der Waals surface area contributed by atoms with Crippen LogP contribution in [0.3, 0.4) is 0 Å². The predicted octanol–water partition coefficient (Wildman–Crippen LogP) is 1.47. The quantitative estimate of drug-likeness (QED) is 0.509. The Bertz CT molecular complexity index is 902. The fourth-order valence-electron chi connectivity index (χ4n) is 1.98.